The zero-order chi connectivity index (χ0) is 15.0. The maximum absolute atomic E-state index is 12.0. The Morgan fingerprint density at radius 3 is 2.90 bits per heavy atom. The number of aliphatic hydroxyl groups is 1. The topological polar surface area (TPSA) is 65.5 Å². The second kappa shape index (κ2) is 8.31. The molecule has 1 aromatic heterocycles. The number of nitrogens with zero attached hydrogens (tertiary/aromatic N) is 2. The molecule has 0 aliphatic carbocycles. The average Bonchev–Trinajstić information content (AvgIpc) is 2.44. The molecule has 1 aromatic rings. The molecule has 1 unspecified atom stereocenters. The first-order valence-corrected chi connectivity index (χ1v) is 6.54. The number of pyridine rings is 1. The largest absolute Gasteiger partial charge is 0.395 e. The molecule has 0 saturated carbocycles. The standard InChI is InChI=1S/C15H21N3O2/c1-12(18(2)3)9-17-15(20)14-8-13(10-16-11-14)6-4-5-7-19/h8,10-12,19H,5,7,9H2,1-3H3,(H,17,20). The van der Waals surface area contributed by atoms with Gasteiger partial charge in [0, 0.05) is 37.0 Å². The molecule has 1 rings (SSSR count). The van der Waals surface area contributed by atoms with Crippen molar-refractivity contribution < 1.29 is 9.90 Å². The zero-order valence-electron chi connectivity index (χ0n) is 12.2. The van der Waals surface area contributed by atoms with Crippen molar-refractivity contribution in [1.29, 1.82) is 0 Å². The second-order valence-electron chi connectivity index (χ2n) is 4.76. The first kappa shape index (κ1) is 16.2. The first-order chi connectivity index (χ1) is 9.54. The highest BCUT2D eigenvalue weighted by Crippen LogP contribution is 2.02. The van der Waals surface area contributed by atoms with E-state index in [0.717, 1.165) is 0 Å². The molecule has 1 amide bonds. The number of aliphatic hydroxyl groups excluding tert-OH is 1. The van der Waals surface area contributed by atoms with Crippen molar-refractivity contribution in [3.05, 3.63) is 29.6 Å². The van der Waals surface area contributed by atoms with Crippen LogP contribution in [0.2, 0.25) is 0 Å². The number of carbonyl (C=O) groups excluding carboxylic acids is 1. The minimum Gasteiger partial charge on any atom is -0.395 e. The molecule has 0 spiro atoms. The Balaban J connectivity index is 2.65. The lowest BCUT2D eigenvalue weighted by Gasteiger charge is -2.19. The van der Waals surface area contributed by atoms with Crippen molar-refractivity contribution in [3.63, 3.8) is 0 Å². The molecule has 0 aliphatic rings. The van der Waals surface area contributed by atoms with Crippen LogP contribution in [0.1, 0.15) is 29.3 Å². The number of hydrogen-bond acceptors (Lipinski definition) is 4. The van der Waals surface area contributed by atoms with Crippen LogP contribution in [0.5, 0.6) is 0 Å². The molecule has 0 radical (unpaired) electrons. The summed E-state index contributed by atoms with van der Waals surface area (Å²) in [7, 11) is 3.94. The smallest absolute Gasteiger partial charge is 0.252 e. The third-order valence-electron chi connectivity index (χ3n) is 2.91. The van der Waals surface area contributed by atoms with Gasteiger partial charge in [0.15, 0.2) is 0 Å². The predicted octanol–water partition coefficient (Wildman–Crippen LogP) is 0.495. The fraction of sp³-hybridized carbons (Fsp3) is 0.467. The molecule has 108 valence electrons. The molecular weight excluding hydrogens is 254 g/mol. The van der Waals surface area contributed by atoms with Gasteiger partial charge in [-0.2, -0.15) is 0 Å². The molecule has 1 atom stereocenters. The number of amides is 1. The van der Waals surface area contributed by atoms with Gasteiger partial charge < -0.3 is 15.3 Å². The molecule has 0 bridgehead atoms. The Bertz CT molecular complexity index is 503. The number of likely N-dealkylation sites (N-methyl/N-ethyl adjacent to an activating group) is 1. The molecule has 0 aromatic carbocycles. The summed E-state index contributed by atoms with van der Waals surface area (Å²) in [6.07, 6.45) is 3.53. The molecule has 5 nitrogen and oxygen atoms in total. The van der Waals surface area contributed by atoms with E-state index in [-0.39, 0.29) is 18.6 Å². The van der Waals surface area contributed by atoms with Gasteiger partial charge in [0.2, 0.25) is 0 Å². The normalized spacial score (nSPS) is 11.7. The minimum absolute atomic E-state index is 0.0308. The van der Waals surface area contributed by atoms with Crippen LogP contribution in [0.4, 0.5) is 0 Å². The lowest BCUT2D eigenvalue weighted by Crippen LogP contribution is -2.38. The number of rotatable bonds is 5. The lowest BCUT2D eigenvalue weighted by molar-refractivity contribution is 0.0943. The fourth-order valence-corrected chi connectivity index (χ4v) is 1.38. The van der Waals surface area contributed by atoms with Gasteiger partial charge in [0.1, 0.15) is 0 Å². The van der Waals surface area contributed by atoms with Crippen molar-refractivity contribution in [2.24, 2.45) is 0 Å². The number of nitrogens with one attached hydrogen (secondary N) is 1. The second-order valence-corrected chi connectivity index (χ2v) is 4.76. The number of carbonyl (C=O) groups is 1. The van der Waals surface area contributed by atoms with Crippen molar-refractivity contribution in [2.75, 3.05) is 27.2 Å². The zero-order valence-corrected chi connectivity index (χ0v) is 12.2. The summed E-state index contributed by atoms with van der Waals surface area (Å²) in [6, 6.07) is 1.96. The van der Waals surface area contributed by atoms with Crippen LogP contribution in [0.15, 0.2) is 18.5 Å². The van der Waals surface area contributed by atoms with Gasteiger partial charge in [-0.1, -0.05) is 11.8 Å². The van der Waals surface area contributed by atoms with Crippen LogP contribution in [-0.2, 0) is 0 Å². The maximum Gasteiger partial charge on any atom is 0.252 e. The Hall–Kier alpha value is -1.90. The molecule has 1 heterocycles. The van der Waals surface area contributed by atoms with E-state index in [2.05, 4.69) is 22.1 Å². The fourth-order valence-electron chi connectivity index (χ4n) is 1.38. The molecule has 0 saturated heterocycles. The van der Waals surface area contributed by atoms with Crippen molar-refractivity contribution in [3.8, 4) is 11.8 Å². The van der Waals surface area contributed by atoms with Gasteiger partial charge in [-0.05, 0) is 27.1 Å². The highest BCUT2D eigenvalue weighted by atomic mass is 16.2. The van der Waals surface area contributed by atoms with E-state index < -0.39 is 0 Å². The van der Waals surface area contributed by atoms with E-state index in [0.29, 0.717) is 24.1 Å². The SMILES string of the molecule is CC(CNC(=O)c1cncc(C#CCCO)c1)N(C)C. The summed E-state index contributed by atoms with van der Waals surface area (Å²) in [5.41, 5.74) is 1.17. The van der Waals surface area contributed by atoms with E-state index in [9.17, 15) is 4.79 Å². The van der Waals surface area contributed by atoms with Crippen LogP contribution in [0.25, 0.3) is 0 Å². The molecule has 20 heavy (non-hydrogen) atoms. The monoisotopic (exact) mass is 275 g/mol. The van der Waals surface area contributed by atoms with Gasteiger partial charge in [-0.3, -0.25) is 9.78 Å². The Morgan fingerprint density at radius 2 is 2.25 bits per heavy atom. The number of aromatic nitrogens is 1. The minimum atomic E-state index is -0.156. The summed E-state index contributed by atoms with van der Waals surface area (Å²) >= 11 is 0. The summed E-state index contributed by atoms with van der Waals surface area (Å²) < 4.78 is 0. The Morgan fingerprint density at radius 1 is 1.50 bits per heavy atom. The van der Waals surface area contributed by atoms with E-state index in [1.165, 1.54) is 6.20 Å². The third-order valence-corrected chi connectivity index (χ3v) is 2.91. The quantitative estimate of drug-likeness (QED) is 0.768. The Labute approximate surface area is 120 Å². The summed E-state index contributed by atoms with van der Waals surface area (Å²) in [6.45, 7) is 2.64. The van der Waals surface area contributed by atoms with Crippen LogP contribution >= 0.6 is 0 Å². The first-order valence-electron chi connectivity index (χ1n) is 6.54. The number of hydrogen-bond donors (Lipinski definition) is 2. The van der Waals surface area contributed by atoms with E-state index in [4.69, 9.17) is 5.11 Å². The van der Waals surface area contributed by atoms with E-state index in [1.54, 1.807) is 12.3 Å². The van der Waals surface area contributed by atoms with Crippen LogP contribution in [0.3, 0.4) is 0 Å². The van der Waals surface area contributed by atoms with E-state index >= 15 is 0 Å². The predicted molar refractivity (Wildman–Crippen MR) is 78.3 cm³/mol. The third kappa shape index (κ3) is 5.39. The summed E-state index contributed by atoms with van der Waals surface area (Å²) in [5, 5.41) is 11.5. The molecule has 2 N–H and O–H groups in total. The average molecular weight is 275 g/mol. The van der Waals surface area contributed by atoms with Gasteiger partial charge in [-0.15, -0.1) is 0 Å². The van der Waals surface area contributed by atoms with Crippen molar-refractivity contribution >= 4 is 5.91 Å². The lowest BCUT2D eigenvalue weighted by atomic mass is 10.2. The molecule has 0 aliphatic heterocycles. The van der Waals surface area contributed by atoms with Gasteiger partial charge in [0.25, 0.3) is 5.91 Å². The Kier molecular flexibility index (Phi) is 6.71. The highest BCUT2D eigenvalue weighted by Gasteiger charge is 2.09. The van der Waals surface area contributed by atoms with Gasteiger partial charge >= 0.3 is 0 Å². The highest BCUT2D eigenvalue weighted by molar-refractivity contribution is 5.94. The molecule has 0 fully saturated rings. The van der Waals surface area contributed by atoms with Gasteiger partial charge in [-0.25, -0.2) is 0 Å². The van der Waals surface area contributed by atoms with Crippen molar-refractivity contribution in [2.45, 2.75) is 19.4 Å². The maximum atomic E-state index is 12.0. The summed E-state index contributed by atoms with van der Waals surface area (Å²) in [4.78, 5) is 18.0. The summed E-state index contributed by atoms with van der Waals surface area (Å²) in [5.74, 6) is 5.51. The molecule has 5 heteroatoms. The van der Waals surface area contributed by atoms with E-state index in [1.807, 2.05) is 25.9 Å². The van der Waals surface area contributed by atoms with Crippen LogP contribution < -0.4 is 5.32 Å². The van der Waals surface area contributed by atoms with Crippen LogP contribution in [-0.4, -0.2) is 54.2 Å². The van der Waals surface area contributed by atoms with Gasteiger partial charge in [0.05, 0.1) is 12.2 Å². The molecular formula is C15H21N3O2. The van der Waals surface area contributed by atoms with Crippen LogP contribution in [0, 0.1) is 11.8 Å². The van der Waals surface area contributed by atoms with Crippen molar-refractivity contribution in [1.82, 2.24) is 15.2 Å².